The number of hydrogen-bond donors (Lipinski definition) is 1. The average molecular weight is 260 g/mol. The van der Waals surface area contributed by atoms with E-state index < -0.39 is 0 Å². The van der Waals surface area contributed by atoms with Crippen molar-refractivity contribution >= 4 is 28.2 Å². The van der Waals surface area contributed by atoms with Crippen LogP contribution in [-0.2, 0) is 13.6 Å². The van der Waals surface area contributed by atoms with Gasteiger partial charge in [0.25, 0.3) is 0 Å². The van der Waals surface area contributed by atoms with Crippen LogP contribution in [0.3, 0.4) is 0 Å². The van der Waals surface area contributed by atoms with Crippen molar-refractivity contribution in [3.8, 4) is 0 Å². The highest BCUT2D eigenvalue weighted by Gasteiger charge is 2.07. The maximum atomic E-state index is 4.31. The number of aromatic nitrogens is 5. The van der Waals surface area contributed by atoms with E-state index in [0.717, 1.165) is 21.9 Å². The summed E-state index contributed by atoms with van der Waals surface area (Å²) in [4.78, 5) is 14.0. The minimum atomic E-state index is 0.666. The van der Waals surface area contributed by atoms with E-state index >= 15 is 0 Å². The summed E-state index contributed by atoms with van der Waals surface area (Å²) in [7, 11) is 1.86. The highest BCUT2D eigenvalue weighted by Crippen LogP contribution is 2.19. The Balaban J connectivity index is 1.86. The maximum Gasteiger partial charge on any atom is 0.163 e. The summed E-state index contributed by atoms with van der Waals surface area (Å²) in [6.07, 6.45) is 5.19. The van der Waals surface area contributed by atoms with E-state index in [-0.39, 0.29) is 0 Å². The second-order valence-corrected chi connectivity index (χ2v) is 5.27. The molecule has 0 aliphatic carbocycles. The zero-order chi connectivity index (χ0) is 12.5. The molecule has 0 radical (unpaired) electrons. The largest absolute Gasteiger partial charge is 0.363 e. The molecule has 92 valence electrons. The van der Waals surface area contributed by atoms with Crippen LogP contribution in [0.25, 0.3) is 11.0 Å². The number of fused-ring (bicyclic) bond motifs is 1. The predicted molar refractivity (Wildman–Crippen MR) is 70.5 cm³/mol. The third-order valence-corrected chi connectivity index (χ3v) is 3.52. The fourth-order valence-corrected chi connectivity index (χ4v) is 2.47. The van der Waals surface area contributed by atoms with E-state index in [2.05, 4.69) is 25.4 Å². The van der Waals surface area contributed by atoms with Gasteiger partial charge in [-0.1, -0.05) is 0 Å². The van der Waals surface area contributed by atoms with Crippen molar-refractivity contribution in [3.05, 3.63) is 28.6 Å². The zero-order valence-corrected chi connectivity index (χ0v) is 10.9. The molecule has 0 saturated carbocycles. The van der Waals surface area contributed by atoms with Gasteiger partial charge in [-0.25, -0.2) is 15.0 Å². The minimum absolute atomic E-state index is 0.666. The summed E-state index contributed by atoms with van der Waals surface area (Å²) in [6, 6.07) is 0. The number of aryl methyl sites for hydroxylation is 2. The first-order chi connectivity index (χ1) is 8.74. The van der Waals surface area contributed by atoms with Crippen molar-refractivity contribution in [1.82, 2.24) is 24.7 Å². The summed E-state index contributed by atoms with van der Waals surface area (Å²) in [6.45, 7) is 2.71. The lowest BCUT2D eigenvalue weighted by Crippen LogP contribution is -2.02. The third-order valence-electron chi connectivity index (χ3n) is 2.61. The van der Waals surface area contributed by atoms with Crippen LogP contribution in [0.4, 0.5) is 5.82 Å². The number of anilines is 1. The minimum Gasteiger partial charge on any atom is -0.363 e. The van der Waals surface area contributed by atoms with Gasteiger partial charge in [-0.3, -0.25) is 4.68 Å². The standard InChI is InChI=1S/C11H12N6S/c1-7-3-12-9(18-7)5-13-10-8-4-16-17(2)11(8)15-6-14-10/h3-4,6H,5H2,1-2H3,(H,13,14,15). The van der Waals surface area contributed by atoms with Gasteiger partial charge in [0.1, 0.15) is 17.2 Å². The summed E-state index contributed by atoms with van der Waals surface area (Å²) in [5, 5.41) is 9.42. The van der Waals surface area contributed by atoms with E-state index in [4.69, 9.17) is 0 Å². The Morgan fingerprint density at radius 2 is 2.17 bits per heavy atom. The number of hydrogen-bond acceptors (Lipinski definition) is 6. The molecule has 0 aliphatic rings. The summed E-state index contributed by atoms with van der Waals surface area (Å²) >= 11 is 1.68. The zero-order valence-electron chi connectivity index (χ0n) is 10.1. The molecule has 18 heavy (non-hydrogen) atoms. The number of nitrogens with zero attached hydrogens (tertiary/aromatic N) is 5. The fourth-order valence-electron chi connectivity index (χ4n) is 1.75. The lowest BCUT2D eigenvalue weighted by Gasteiger charge is -2.03. The molecular weight excluding hydrogens is 248 g/mol. The lowest BCUT2D eigenvalue weighted by molar-refractivity contribution is 0.785. The van der Waals surface area contributed by atoms with E-state index in [1.165, 1.54) is 4.88 Å². The highest BCUT2D eigenvalue weighted by atomic mass is 32.1. The Morgan fingerprint density at radius 1 is 1.28 bits per heavy atom. The molecule has 3 aromatic heterocycles. The fraction of sp³-hybridized carbons (Fsp3) is 0.273. The predicted octanol–water partition coefficient (Wildman–Crippen LogP) is 1.74. The van der Waals surface area contributed by atoms with Crippen LogP contribution in [0.15, 0.2) is 18.7 Å². The van der Waals surface area contributed by atoms with Gasteiger partial charge in [0.2, 0.25) is 0 Å². The molecule has 0 spiro atoms. The van der Waals surface area contributed by atoms with Crippen LogP contribution in [-0.4, -0.2) is 24.7 Å². The number of rotatable bonds is 3. The van der Waals surface area contributed by atoms with Crippen LogP contribution >= 0.6 is 11.3 Å². The van der Waals surface area contributed by atoms with Crippen LogP contribution in [0, 0.1) is 6.92 Å². The van der Waals surface area contributed by atoms with Crippen molar-refractivity contribution in [2.75, 3.05) is 5.32 Å². The van der Waals surface area contributed by atoms with E-state index in [1.54, 1.807) is 28.5 Å². The Labute approximate surface area is 108 Å². The van der Waals surface area contributed by atoms with E-state index in [1.807, 2.05) is 20.2 Å². The molecule has 0 aromatic carbocycles. The van der Waals surface area contributed by atoms with Crippen LogP contribution in [0.1, 0.15) is 9.88 Å². The van der Waals surface area contributed by atoms with Crippen molar-refractivity contribution in [2.45, 2.75) is 13.5 Å². The first-order valence-electron chi connectivity index (χ1n) is 5.52. The molecule has 0 atom stereocenters. The van der Waals surface area contributed by atoms with E-state index in [0.29, 0.717) is 6.54 Å². The first kappa shape index (κ1) is 11.1. The highest BCUT2D eigenvalue weighted by molar-refractivity contribution is 7.11. The summed E-state index contributed by atoms with van der Waals surface area (Å²) in [5.74, 6) is 0.793. The van der Waals surface area contributed by atoms with Crippen molar-refractivity contribution < 1.29 is 0 Å². The van der Waals surface area contributed by atoms with Gasteiger partial charge < -0.3 is 5.32 Å². The molecule has 1 N–H and O–H groups in total. The summed E-state index contributed by atoms with van der Waals surface area (Å²) in [5.41, 5.74) is 0.822. The monoisotopic (exact) mass is 260 g/mol. The van der Waals surface area contributed by atoms with Gasteiger partial charge in [-0.05, 0) is 6.92 Å². The van der Waals surface area contributed by atoms with Crippen LogP contribution in [0.2, 0.25) is 0 Å². The second-order valence-electron chi connectivity index (χ2n) is 3.95. The molecule has 0 fully saturated rings. The van der Waals surface area contributed by atoms with Crippen molar-refractivity contribution in [3.63, 3.8) is 0 Å². The molecule has 3 heterocycles. The second kappa shape index (κ2) is 4.34. The molecule has 0 bridgehead atoms. The Kier molecular flexibility index (Phi) is 2.67. The van der Waals surface area contributed by atoms with Crippen LogP contribution in [0.5, 0.6) is 0 Å². The normalized spacial score (nSPS) is 11.0. The number of nitrogens with one attached hydrogen (secondary N) is 1. The molecule has 3 aromatic rings. The molecule has 0 saturated heterocycles. The Bertz CT molecular complexity index is 686. The Hall–Kier alpha value is -2.02. The van der Waals surface area contributed by atoms with Crippen molar-refractivity contribution in [2.24, 2.45) is 7.05 Å². The van der Waals surface area contributed by atoms with Gasteiger partial charge in [0, 0.05) is 18.1 Å². The van der Waals surface area contributed by atoms with Gasteiger partial charge in [0.15, 0.2) is 5.65 Å². The van der Waals surface area contributed by atoms with Gasteiger partial charge in [-0.2, -0.15) is 5.10 Å². The maximum absolute atomic E-state index is 4.31. The number of thiazole rings is 1. The van der Waals surface area contributed by atoms with Gasteiger partial charge in [0.05, 0.1) is 18.1 Å². The summed E-state index contributed by atoms with van der Waals surface area (Å²) < 4.78 is 1.73. The molecule has 0 unspecified atom stereocenters. The third kappa shape index (κ3) is 1.92. The quantitative estimate of drug-likeness (QED) is 0.777. The smallest absolute Gasteiger partial charge is 0.163 e. The van der Waals surface area contributed by atoms with Crippen molar-refractivity contribution in [1.29, 1.82) is 0 Å². The molecule has 3 rings (SSSR count). The van der Waals surface area contributed by atoms with Gasteiger partial charge >= 0.3 is 0 Å². The van der Waals surface area contributed by atoms with E-state index in [9.17, 15) is 0 Å². The lowest BCUT2D eigenvalue weighted by atomic mass is 10.4. The molecule has 0 amide bonds. The van der Waals surface area contributed by atoms with Crippen LogP contribution < -0.4 is 5.32 Å². The molecule has 0 aliphatic heterocycles. The average Bonchev–Trinajstić information content (AvgIpc) is 2.94. The molecule has 7 heteroatoms. The SMILES string of the molecule is Cc1cnc(CNc2ncnc3c2cnn3C)s1. The molecular formula is C11H12N6S. The Morgan fingerprint density at radius 3 is 2.94 bits per heavy atom. The first-order valence-corrected chi connectivity index (χ1v) is 6.33. The topological polar surface area (TPSA) is 68.5 Å². The van der Waals surface area contributed by atoms with Gasteiger partial charge in [-0.15, -0.1) is 11.3 Å². The molecule has 6 nitrogen and oxygen atoms in total.